The molecule has 0 aliphatic rings. The summed E-state index contributed by atoms with van der Waals surface area (Å²) in [6.07, 6.45) is 0.666. The van der Waals surface area contributed by atoms with Gasteiger partial charge in [0.05, 0.1) is 0 Å². The van der Waals surface area contributed by atoms with Crippen LogP contribution < -0.4 is 5.32 Å². The molecule has 19 heavy (non-hydrogen) atoms. The molecular weight excluding hydrogens is 245 g/mol. The van der Waals surface area contributed by atoms with Crippen molar-refractivity contribution in [2.24, 2.45) is 0 Å². The molecule has 2 aromatic rings. The SMILES string of the molecule is Cc1cc(F)cc(-c2noc(CCNC(C)C)n2)c1. The molecular formula is C14H18FN3O. The van der Waals surface area contributed by atoms with Crippen molar-refractivity contribution in [2.45, 2.75) is 33.2 Å². The Bertz CT molecular complexity index is 531. The smallest absolute Gasteiger partial charge is 0.228 e. The van der Waals surface area contributed by atoms with Gasteiger partial charge in [0.15, 0.2) is 0 Å². The van der Waals surface area contributed by atoms with Gasteiger partial charge < -0.3 is 9.84 Å². The summed E-state index contributed by atoms with van der Waals surface area (Å²) in [5.41, 5.74) is 1.48. The van der Waals surface area contributed by atoms with E-state index in [2.05, 4.69) is 29.3 Å². The van der Waals surface area contributed by atoms with Crippen LogP contribution in [0.2, 0.25) is 0 Å². The van der Waals surface area contributed by atoms with E-state index in [-0.39, 0.29) is 5.82 Å². The van der Waals surface area contributed by atoms with Crippen molar-refractivity contribution in [1.82, 2.24) is 15.5 Å². The first-order valence-corrected chi connectivity index (χ1v) is 6.38. The van der Waals surface area contributed by atoms with Crippen molar-refractivity contribution >= 4 is 0 Å². The Balaban J connectivity index is 2.07. The van der Waals surface area contributed by atoms with E-state index >= 15 is 0 Å². The molecule has 1 N–H and O–H groups in total. The molecule has 5 heteroatoms. The Labute approximate surface area is 112 Å². The topological polar surface area (TPSA) is 51.0 Å². The Morgan fingerprint density at radius 3 is 2.79 bits per heavy atom. The van der Waals surface area contributed by atoms with Gasteiger partial charge >= 0.3 is 0 Å². The summed E-state index contributed by atoms with van der Waals surface area (Å²) in [6, 6.07) is 5.14. The Morgan fingerprint density at radius 1 is 1.32 bits per heavy atom. The second-order valence-corrected chi connectivity index (χ2v) is 4.89. The molecule has 0 bridgehead atoms. The third-order valence-corrected chi connectivity index (χ3v) is 2.66. The fraction of sp³-hybridized carbons (Fsp3) is 0.429. The average molecular weight is 263 g/mol. The van der Waals surface area contributed by atoms with Gasteiger partial charge in [0.25, 0.3) is 0 Å². The van der Waals surface area contributed by atoms with Crippen LogP contribution >= 0.6 is 0 Å². The van der Waals surface area contributed by atoms with Crippen LogP contribution in [-0.4, -0.2) is 22.7 Å². The van der Waals surface area contributed by atoms with E-state index in [0.29, 0.717) is 29.7 Å². The summed E-state index contributed by atoms with van der Waals surface area (Å²) >= 11 is 0. The van der Waals surface area contributed by atoms with E-state index in [9.17, 15) is 4.39 Å². The highest BCUT2D eigenvalue weighted by Gasteiger charge is 2.10. The molecule has 0 saturated carbocycles. The summed E-state index contributed by atoms with van der Waals surface area (Å²) in [6.45, 7) is 6.77. The number of benzene rings is 1. The summed E-state index contributed by atoms with van der Waals surface area (Å²) < 4.78 is 18.5. The second kappa shape index (κ2) is 5.93. The minimum atomic E-state index is -0.289. The summed E-state index contributed by atoms with van der Waals surface area (Å²) in [5.74, 6) is 0.704. The Morgan fingerprint density at radius 2 is 2.11 bits per heavy atom. The van der Waals surface area contributed by atoms with Crippen LogP contribution in [-0.2, 0) is 6.42 Å². The first kappa shape index (κ1) is 13.7. The van der Waals surface area contributed by atoms with Crippen molar-refractivity contribution in [3.8, 4) is 11.4 Å². The summed E-state index contributed by atoms with van der Waals surface area (Å²) in [4.78, 5) is 4.28. The molecule has 0 spiro atoms. The molecule has 0 radical (unpaired) electrons. The lowest BCUT2D eigenvalue weighted by atomic mass is 10.1. The number of halogens is 1. The normalized spacial score (nSPS) is 11.2. The van der Waals surface area contributed by atoms with Gasteiger partial charge in [-0.1, -0.05) is 19.0 Å². The highest BCUT2D eigenvalue weighted by atomic mass is 19.1. The molecule has 0 aliphatic heterocycles. The number of hydrogen-bond acceptors (Lipinski definition) is 4. The standard InChI is InChI=1S/C14H18FN3O/c1-9(2)16-5-4-13-17-14(18-19-13)11-6-10(3)7-12(15)8-11/h6-9,16H,4-5H2,1-3H3. The van der Waals surface area contributed by atoms with Gasteiger partial charge in [-0.25, -0.2) is 4.39 Å². The molecule has 0 unspecified atom stereocenters. The number of aryl methyl sites for hydroxylation is 1. The molecule has 0 saturated heterocycles. The number of rotatable bonds is 5. The highest BCUT2D eigenvalue weighted by molar-refractivity contribution is 5.55. The van der Waals surface area contributed by atoms with Gasteiger partial charge in [-0.05, 0) is 30.7 Å². The molecule has 1 aromatic carbocycles. The van der Waals surface area contributed by atoms with Crippen LogP contribution in [0, 0.1) is 12.7 Å². The predicted octanol–water partition coefficient (Wildman–Crippen LogP) is 2.72. The third kappa shape index (κ3) is 3.86. The lowest BCUT2D eigenvalue weighted by Gasteiger charge is -2.04. The van der Waals surface area contributed by atoms with Crippen molar-refractivity contribution in [3.63, 3.8) is 0 Å². The summed E-state index contributed by atoms with van der Waals surface area (Å²) in [7, 11) is 0. The number of nitrogens with zero attached hydrogens (tertiary/aromatic N) is 2. The average Bonchev–Trinajstić information content (AvgIpc) is 2.76. The molecule has 0 aliphatic carbocycles. The molecule has 1 aromatic heterocycles. The molecule has 2 rings (SSSR count). The zero-order valence-electron chi connectivity index (χ0n) is 11.4. The fourth-order valence-corrected chi connectivity index (χ4v) is 1.81. The van der Waals surface area contributed by atoms with Gasteiger partial charge in [0.2, 0.25) is 11.7 Å². The van der Waals surface area contributed by atoms with E-state index in [1.165, 1.54) is 12.1 Å². The molecule has 0 fully saturated rings. The van der Waals surface area contributed by atoms with Gasteiger partial charge in [-0.3, -0.25) is 0 Å². The largest absolute Gasteiger partial charge is 0.339 e. The molecule has 4 nitrogen and oxygen atoms in total. The number of hydrogen-bond donors (Lipinski definition) is 1. The molecule has 0 amide bonds. The van der Waals surface area contributed by atoms with Gasteiger partial charge in [0.1, 0.15) is 5.82 Å². The second-order valence-electron chi connectivity index (χ2n) is 4.89. The van der Waals surface area contributed by atoms with E-state index in [4.69, 9.17) is 4.52 Å². The first-order valence-electron chi connectivity index (χ1n) is 6.38. The van der Waals surface area contributed by atoms with Crippen LogP contribution in [0.5, 0.6) is 0 Å². The van der Waals surface area contributed by atoms with Gasteiger partial charge in [-0.15, -0.1) is 0 Å². The minimum absolute atomic E-state index is 0.289. The van der Waals surface area contributed by atoms with Crippen molar-refractivity contribution < 1.29 is 8.91 Å². The Hall–Kier alpha value is -1.75. The first-order chi connectivity index (χ1) is 9.04. The van der Waals surface area contributed by atoms with Crippen molar-refractivity contribution in [3.05, 3.63) is 35.5 Å². The number of nitrogens with one attached hydrogen (secondary N) is 1. The predicted molar refractivity (Wildman–Crippen MR) is 71.3 cm³/mol. The summed E-state index contributed by atoms with van der Waals surface area (Å²) in [5, 5.41) is 7.16. The zero-order chi connectivity index (χ0) is 13.8. The van der Waals surface area contributed by atoms with Crippen LogP contribution in [0.15, 0.2) is 22.7 Å². The minimum Gasteiger partial charge on any atom is -0.339 e. The van der Waals surface area contributed by atoms with Crippen LogP contribution in [0.1, 0.15) is 25.3 Å². The Kier molecular flexibility index (Phi) is 4.27. The maximum atomic E-state index is 13.3. The molecule has 1 heterocycles. The van der Waals surface area contributed by atoms with E-state index in [1.807, 2.05) is 13.0 Å². The highest BCUT2D eigenvalue weighted by Crippen LogP contribution is 2.19. The maximum absolute atomic E-state index is 13.3. The number of aromatic nitrogens is 2. The lowest BCUT2D eigenvalue weighted by Crippen LogP contribution is -2.25. The van der Waals surface area contributed by atoms with Crippen LogP contribution in [0.3, 0.4) is 0 Å². The van der Waals surface area contributed by atoms with Crippen LogP contribution in [0.4, 0.5) is 4.39 Å². The van der Waals surface area contributed by atoms with Crippen LogP contribution in [0.25, 0.3) is 11.4 Å². The zero-order valence-corrected chi connectivity index (χ0v) is 11.4. The lowest BCUT2D eigenvalue weighted by molar-refractivity contribution is 0.374. The third-order valence-electron chi connectivity index (χ3n) is 2.66. The maximum Gasteiger partial charge on any atom is 0.228 e. The molecule has 102 valence electrons. The van der Waals surface area contributed by atoms with E-state index in [1.54, 1.807) is 0 Å². The van der Waals surface area contributed by atoms with Crippen molar-refractivity contribution in [1.29, 1.82) is 0 Å². The van der Waals surface area contributed by atoms with Gasteiger partial charge in [0, 0.05) is 24.6 Å². The van der Waals surface area contributed by atoms with E-state index < -0.39 is 0 Å². The van der Waals surface area contributed by atoms with Crippen molar-refractivity contribution in [2.75, 3.05) is 6.54 Å². The quantitative estimate of drug-likeness (QED) is 0.901. The van der Waals surface area contributed by atoms with E-state index in [0.717, 1.165) is 12.1 Å². The fourth-order valence-electron chi connectivity index (χ4n) is 1.81. The monoisotopic (exact) mass is 263 g/mol. The molecule has 0 atom stereocenters. The van der Waals surface area contributed by atoms with Gasteiger partial charge in [-0.2, -0.15) is 4.98 Å².